The van der Waals surface area contributed by atoms with Crippen molar-refractivity contribution in [2.75, 3.05) is 19.8 Å². The number of hydrogen-bond acceptors (Lipinski definition) is 4. The van der Waals surface area contributed by atoms with Gasteiger partial charge in [0.25, 0.3) is 0 Å². The van der Waals surface area contributed by atoms with Gasteiger partial charge in [-0.2, -0.15) is 0 Å². The van der Waals surface area contributed by atoms with Gasteiger partial charge >= 0.3 is 6.03 Å². The standard InChI is InChI=1S/C14H21N3O4/c1-3-20-11-4-6-12(7-5-11)21-9-8-16-13(18)10(2)17-14(15)19/h4-7,10H,3,8-9H2,1-2H3,(H,16,18)(H3,15,17,19). The van der Waals surface area contributed by atoms with Gasteiger partial charge in [-0.25, -0.2) is 4.79 Å². The number of carbonyl (C=O) groups is 2. The van der Waals surface area contributed by atoms with Gasteiger partial charge in [0.1, 0.15) is 24.1 Å². The molecule has 116 valence electrons. The number of ether oxygens (including phenoxy) is 2. The highest BCUT2D eigenvalue weighted by molar-refractivity contribution is 5.86. The fraction of sp³-hybridized carbons (Fsp3) is 0.429. The molecule has 0 radical (unpaired) electrons. The summed E-state index contributed by atoms with van der Waals surface area (Å²) in [7, 11) is 0. The van der Waals surface area contributed by atoms with Crippen molar-refractivity contribution in [1.82, 2.24) is 10.6 Å². The van der Waals surface area contributed by atoms with Crippen molar-refractivity contribution in [1.29, 1.82) is 0 Å². The van der Waals surface area contributed by atoms with Crippen LogP contribution in [-0.4, -0.2) is 37.7 Å². The molecule has 7 nitrogen and oxygen atoms in total. The summed E-state index contributed by atoms with van der Waals surface area (Å²) in [6, 6.07) is 5.82. The largest absolute Gasteiger partial charge is 0.494 e. The number of nitrogens with two attached hydrogens (primary N) is 1. The Morgan fingerprint density at radius 1 is 1.19 bits per heavy atom. The third kappa shape index (κ3) is 6.51. The molecule has 1 unspecified atom stereocenters. The maximum Gasteiger partial charge on any atom is 0.312 e. The monoisotopic (exact) mass is 295 g/mol. The van der Waals surface area contributed by atoms with E-state index in [2.05, 4.69) is 10.6 Å². The number of nitrogens with one attached hydrogen (secondary N) is 2. The Balaban J connectivity index is 2.24. The lowest BCUT2D eigenvalue weighted by Crippen LogP contribution is -2.47. The zero-order chi connectivity index (χ0) is 15.7. The summed E-state index contributed by atoms with van der Waals surface area (Å²) in [5.41, 5.74) is 4.93. The van der Waals surface area contributed by atoms with Crippen molar-refractivity contribution in [3.63, 3.8) is 0 Å². The molecule has 0 saturated heterocycles. The number of benzene rings is 1. The Bertz CT molecular complexity index is 462. The van der Waals surface area contributed by atoms with Crippen molar-refractivity contribution in [3.8, 4) is 11.5 Å². The van der Waals surface area contributed by atoms with Crippen LogP contribution in [0.25, 0.3) is 0 Å². The van der Waals surface area contributed by atoms with Crippen molar-refractivity contribution >= 4 is 11.9 Å². The summed E-state index contributed by atoms with van der Waals surface area (Å²) >= 11 is 0. The fourth-order valence-electron chi connectivity index (χ4n) is 1.57. The minimum atomic E-state index is -0.733. The summed E-state index contributed by atoms with van der Waals surface area (Å²) in [6.07, 6.45) is 0. The van der Waals surface area contributed by atoms with Gasteiger partial charge in [-0.05, 0) is 38.1 Å². The molecular formula is C14H21N3O4. The Hall–Kier alpha value is -2.44. The van der Waals surface area contributed by atoms with Crippen molar-refractivity contribution in [3.05, 3.63) is 24.3 Å². The summed E-state index contributed by atoms with van der Waals surface area (Å²) in [5, 5.41) is 4.92. The molecule has 0 aliphatic heterocycles. The third-order valence-corrected chi connectivity index (χ3v) is 2.56. The minimum absolute atomic E-state index is 0.316. The van der Waals surface area contributed by atoms with E-state index in [1.807, 2.05) is 19.1 Å². The molecular weight excluding hydrogens is 274 g/mol. The number of urea groups is 1. The summed E-state index contributed by atoms with van der Waals surface area (Å²) in [5.74, 6) is 1.16. The Kier molecular flexibility index (Phi) is 6.86. The third-order valence-electron chi connectivity index (χ3n) is 2.56. The highest BCUT2D eigenvalue weighted by Gasteiger charge is 2.12. The molecule has 1 rings (SSSR count). The van der Waals surface area contributed by atoms with Gasteiger partial charge in [0.05, 0.1) is 13.2 Å². The first-order chi connectivity index (χ1) is 10.0. The van der Waals surface area contributed by atoms with Crippen LogP contribution in [0.2, 0.25) is 0 Å². The SMILES string of the molecule is CCOc1ccc(OCCNC(=O)C(C)NC(N)=O)cc1. The van der Waals surface area contributed by atoms with Gasteiger partial charge in [-0.3, -0.25) is 4.79 Å². The lowest BCUT2D eigenvalue weighted by atomic mass is 10.3. The molecule has 0 aliphatic carbocycles. The van der Waals surface area contributed by atoms with Crippen LogP contribution in [0.1, 0.15) is 13.8 Å². The highest BCUT2D eigenvalue weighted by atomic mass is 16.5. The number of carbonyl (C=O) groups excluding carboxylic acids is 2. The Labute approximate surface area is 123 Å². The molecule has 1 aromatic rings. The predicted octanol–water partition coefficient (Wildman–Crippen LogP) is 0.637. The van der Waals surface area contributed by atoms with Gasteiger partial charge in [-0.1, -0.05) is 0 Å². The minimum Gasteiger partial charge on any atom is -0.494 e. The van der Waals surface area contributed by atoms with E-state index in [4.69, 9.17) is 15.2 Å². The first-order valence-corrected chi connectivity index (χ1v) is 6.72. The molecule has 0 heterocycles. The molecule has 0 bridgehead atoms. The van der Waals surface area contributed by atoms with Crippen LogP contribution < -0.4 is 25.8 Å². The lowest BCUT2D eigenvalue weighted by molar-refractivity contribution is -0.122. The number of amides is 3. The van der Waals surface area contributed by atoms with E-state index >= 15 is 0 Å². The average Bonchev–Trinajstić information content (AvgIpc) is 2.44. The molecule has 7 heteroatoms. The molecule has 21 heavy (non-hydrogen) atoms. The molecule has 0 fully saturated rings. The maximum atomic E-state index is 11.6. The molecule has 4 N–H and O–H groups in total. The van der Waals surface area contributed by atoms with Gasteiger partial charge < -0.3 is 25.8 Å². The van der Waals surface area contributed by atoms with E-state index in [1.165, 1.54) is 0 Å². The van der Waals surface area contributed by atoms with E-state index < -0.39 is 12.1 Å². The smallest absolute Gasteiger partial charge is 0.312 e. The van der Waals surface area contributed by atoms with Crippen LogP contribution in [0.15, 0.2) is 24.3 Å². The van der Waals surface area contributed by atoms with Crippen LogP contribution in [0.4, 0.5) is 4.79 Å². The highest BCUT2D eigenvalue weighted by Crippen LogP contribution is 2.17. The first-order valence-electron chi connectivity index (χ1n) is 6.72. The number of hydrogen-bond donors (Lipinski definition) is 3. The summed E-state index contributed by atoms with van der Waals surface area (Å²) in [4.78, 5) is 22.2. The molecule has 1 atom stereocenters. The summed E-state index contributed by atoms with van der Waals surface area (Å²) in [6.45, 7) is 4.73. The van der Waals surface area contributed by atoms with Gasteiger partial charge in [0.15, 0.2) is 0 Å². The normalized spacial score (nSPS) is 11.3. The Morgan fingerprint density at radius 2 is 1.76 bits per heavy atom. The van der Waals surface area contributed by atoms with E-state index in [9.17, 15) is 9.59 Å². The van der Waals surface area contributed by atoms with Crippen molar-refractivity contribution < 1.29 is 19.1 Å². The van der Waals surface area contributed by atoms with E-state index in [0.29, 0.717) is 25.5 Å². The van der Waals surface area contributed by atoms with Gasteiger partial charge in [0, 0.05) is 0 Å². The Morgan fingerprint density at radius 3 is 2.29 bits per heavy atom. The zero-order valence-corrected chi connectivity index (χ0v) is 12.2. The van der Waals surface area contributed by atoms with Crippen molar-refractivity contribution in [2.45, 2.75) is 19.9 Å². The molecule has 3 amide bonds. The second-order valence-electron chi connectivity index (χ2n) is 4.27. The second kappa shape index (κ2) is 8.68. The van der Waals surface area contributed by atoms with Gasteiger partial charge in [0.2, 0.25) is 5.91 Å². The molecule has 0 aliphatic rings. The van der Waals surface area contributed by atoms with Gasteiger partial charge in [-0.15, -0.1) is 0 Å². The van der Waals surface area contributed by atoms with Crippen LogP contribution in [0, 0.1) is 0 Å². The van der Waals surface area contributed by atoms with E-state index in [-0.39, 0.29) is 5.91 Å². The molecule has 0 saturated carbocycles. The van der Waals surface area contributed by atoms with Crippen LogP contribution in [-0.2, 0) is 4.79 Å². The fourth-order valence-corrected chi connectivity index (χ4v) is 1.57. The topological polar surface area (TPSA) is 103 Å². The first kappa shape index (κ1) is 16.6. The second-order valence-corrected chi connectivity index (χ2v) is 4.27. The van der Waals surface area contributed by atoms with Crippen LogP contribution >= 0.6 is 0 Å². The quantitative estimate of drug-likeness (QED) is 0.612. The zero-order valence-electron chi connectivity index (χ0n) is 12.2. The molecule has 1 aromatic carbocycles. The summed E-state index contributed by atoms with van der Waals surface area (Å²) < 4.78 is 10.8. The lowest BCUT2D eigenvalue weighted by Gasteiger charge is -2.13. The number of primary amides is 1. The molecule has 0 spiro atoms. The average molecular weight is 295 g/mol. The predicted molar refractivity (Wildman–Crippen MR) is 78.3 cm³/mol. The number of rotatable bonds is 8. The van der Waals surface area contributed by atoms with Crippen LogP contribution in [0.5, 0.6) is 11.5 Å². The van der Waals surface area contributed by atoms with E-state index in [1.54, 1.807) is 19.1 Å². The molecule has 0 aromatic heterocycles. The van der Waals surface area contributed by atoms with Crippen molar-refractivity contribution in [2.24, 2.45) is 5.73 Å². The van der Waals surface area contributed by atoms with Crippen LogP contribution in [0.3, 0.4) is 0 Å². The maximum absolute atomic E-state index is 11.6. The van der Waals surface area contributed by atoms with E-state index in [0.717, 1.165) is 5.75 Å².